The molecule has 2 aromatic heterocycles. The Morgan fingerprint density at radius 3 is 2.70 bits per heavy atom. The molecule has 0 saturated carbocycles. The Morgan fingerprint density at radius 2 is 1.93 bits per heavy atom. The lowest BCUT2D eigenvalue weighted by Gasteiger charge is -2.14. The van der Waals surface area contributed by atoms with Crippen LogP contribution in [0.2, 0.25) is 5.02 Å². The Hall–Kier alpha value is -1.84. The number of aromatic nitrogens is 2. The molecule has 0 atom stereocenters. The minimum Gasteiger partial charge on any atom is -0.344 e. The van der Waals surface area contributed by atoms with E-state index in [2.05, 4.69) is 58.9 Å². The van der Waals surface area contributed by atoms with E-state index in [4.69, 9.17) is 11.6 Å². The highest BCUT2D eigenvalue weighted by Gasteiger charge is 2.20. The molecular weight excluding hydrogens is 354 g/mol. The van der Waals surface area contributed by atoms with Gasteiger partial charge in [0.25, 0.3) is 0 Å². The van der Waals surface area contributed by atoms with Crippen LogP contribution in [0.5, 0.6) is 0 Å². The first-order valence-electron chi connectivity index (χ1n) is 10.1. The van der Waals surface area contributed by atoms with Gasteiger partial charge in [0.05, 0.1) is 0 Å². The molecule has 3 nitrogen and oxygen atoms in total. The summed E-state index contributed by atoms with van der Waals surface area (Å²) in [7, 11) is 2.22. The number of nitrogens with zero attached hydrogens (tertiary/aromatic N) is 3. The average molecular weight is 382 g/mol. The van der Waals surface area contributed by atoms with Crippen LogP contribution in [-0.4, -0.2) is 34.6 Å². The topological polar surface area (TPSA) is 21.1 Å². The summed E-state index contributed by atoms with van der Waals surface area (Å²) in [6.45, 7) is 5.42. The number of fused-ring (bicyclic) bond motifs is 3. The number of likely N-dealkylation sites (N-methyl/N-ethyl adjacent to an activating group) is 1. The molecule has 0 aliphatic carbocycles. The van der Waals surface area contributed by atoms with Gasteiger partial charge < -0.3 is 9.47 Å². The van der Waals surface area contributed by atoms with E-state index in [-0.39, 0.29) is 0 Å². The number of aryl methyl sites for hydroxylation is 3. The average Bonchev–Trinajstić information content (AvgIpc) is 2.81. The van der Waals surface area contributed by atoms with Gasteiger partial charge in [0.2, 0.25) is 0 Å². The quantitative estimate of drug-likeness (QED) is 0.625. The van der Waals surface area contributed by atoms with Crippen molar-refractivity contribution in [3.63, 3.8) is 0 Å². The van der Waals surface area contributed by atoms with Crippen molar-refractivity contribution in [2.45, 2.75) is 45.6 Å². The maximum absolute atomic E-state index is 6.33. The minimum absolute atomic E-state index is 0.829. The Morgan fingerprint density at radius 1 is 1.07 bits per heavy atom. The van der Waals surface area contributed by atoms with Crippen LogP contribution in [0, 0.1) is 0 Å². The van der Waals surface area contributed by atoms with Crippen LogP contribution in [-0.2, 0) is 32.2 Å². The standard InChI is InChI=1S/C23H28ClN3/c1-3-4-19-7-5-17(16-25-19)9-14-27-22-8-6-18(24)15-21(22)20-10-12-26(2)13-11-23(20)27/h5-8,15-16H,3-4,9-14H2,1-2H3. The van der Waals surface area contributed by atoms with E-state index in [0.29, 0.717) is 0 Å². The summed E-state index contributed by atoms with van der Waals surface area (Å²) >= 11 is 6.33. The van der Waals surface area contributed by atoms with Crippen molar-refractivity contribution in [3.8, 4) is 0 Å². The van der Waals surface area contributed by atoms with E-state index in [9.17, 15) is 0 Å². The first kappa shape index (κ1) is 18.5. The maximum Gasteiger partial charge on any atom is 0.0486 e. The molecule has 1 aliphatic rings. The van der Waals surface area contributed by atoms with Gasteiger partial charge in [-0.25, -0.2) is 0 Å². The fourth-order valence-electron chi connectivity index (χ4n) is 4.23. The summed E-state index contributed by atoms with van der Waals surface area (Å²) in [6.07, 6.45) is 7.47. The smallest absolute Gasteiger partial charge is 0.0486 e. The van der Waals surface area contributed by atoms with E-state index < -0.39 is 0 Å². The molecule has 1 aliphatic heterocycles. The molecule has 142 valence electrons. The summed E-state index contributed by atoms with van der Waals surface area (Å²) in [6, 6.07) is 10.8. The molecule has 0 unspecified atom stereocenters. The fraction of sp³-hybridized carbons (Fsp3) is 0.435. The molecule has 0 fully saturated rings. The summed E-state index contributed by atoms with van der Waals surface area (Å²) in [4.78, 5) is 7.05. The molecule has 3 aromatic rings. The van der Waals surface area contributed by atoms with Crippen molar-refractivity contribution < 1.29 is 0 Å². The van der Waals surface area contributed by atoms with E-state index in [1.54, 1.807) is 0 Å². The number of pyridine rings is 1. The van der Waals surface area contributed by atoms with Crippen molar-refractivity contribution in [1.82, 2.24) is 14.5 Å². The van der Waals surface area contributed by atoms with Gasteiger partial charge in [-0.05, 0) is 61.7 Å². The summed E-state index contributed by atoms with van der Waals surface area (Å²) in [5, 5.41) is 2.17. The lowest BCUT2D eigenvalue weighted by molar-refractivity contribution is 0.351. The monoisotopic (exact) mass is 381 g/mol. The predicted octanol–water partition coefficient (Wildman–Crippen LogP) is 4.92. The third kappa shape index (κ3) is 3.90. The molecule has 0 saturated heterocycles. The van der Waals surface area contributed by atoms with E-state index >= 15 is 0 Å². The van der Waals surface area contributed by atoms with Crippen LogP contribution in [0.4, 0.5) is 0 Å². The molecular formula is C23H28ClN3. The second-order valence-corrected chi connectivity index (χ2v) is 8.14. The van der Waals surface area contributed by atoms with Gasteiger partial charge in [0, 0.05) is 59.6 Å². The zero-order valence-electron chi connectivity index (χ0n) is 16.3. The van der Waals surface area contributed by atoms with Gasteiger partial charge in [-0.2, -0.15) is 0 Å². The van der Waals surface area contributed by atoms with Crippen molar-refractivity contribution in [2.24, 2.45) is 0 Å². The Kier molecular flexibility index (Phi) is 5.51. The van der Waals surface area contributed by atoms with Crippen LogP contribution in [0.25, 0.3) is 10.9 Å². The molecule has 0 amide bonds. The van der Waals surface area contributed by atoms with Crippen molar-refractivity contribution >= 4 is 22.5 Å². The first-order valence-corrected chi connectivity index (χ1v) is 10.5. The first-order chi connectivity index (χ1) is 13.2. The van der Waals surface area contributed by atoms with E-state index in [1.165, 1.54) is 33.4 Å². The summed E-state index contributed by atoms with van der Waals surface area (Å²) in [5.41, 5.74) is 6.81. The van der Waals surface area contributed by atoms with Gasteiger partial charge in [-0.1, -0.05) is 31.0 Å². The second-order valence-electron chi connectivity index (χ2n) is 7.70. The second kappa shape index (κ2) is 8.04. The van der Waals surface area contributed by atoms with E-state index in [1.807, 2.05) is 6.07 Å². The number of benzene rings is 1. The Labute approximate surface area is 167 Å². The highest BCUT2D eigenvalue weighted by molar-refractivity contribution is 6.31. The number of halogens is 1. The van der Waals surface area contributed by atoms with Crippen molar-refractivity contribution in [1.29, 1.82) is 0 Å². The molecule has 3 heterocycles. The van der Waals surface area contributed by atoms with Gasteiger partial charge >= 0.3 is 0 Å². The van der Waals surface area contributed by atoms with Crippen molar-refractivity contribution in [3.05, 3.63) is 64.1 Å². The summed E-state index contributed by atoms with van der Waals surface area (Å²) in [5.74, 6) is 0. The maximum atomic E-state index is 6.33. The molecule has 27 heavy (non-hydrogen) atoms. The highest BCUT2D eigenvalue weighted by Crippen LogP contribution is 2.31. The largest absolute Gasteiger partial charge is 0.344 e. The normalized spacial score (nSPS) is 15.1. The third-order valence-electron chi connectivity index (χ3n) is 5.74. The molecule has 4 heteroatoms. The van der Waals surface area contributed by atoms with Crippen LogP contribution < -0.4 is 0 Å². The zero-order chi connectivity index (χ0) is 18.8. The lowest BCUT2D eigenvalue weighted by atomic mass is 10.1. The number of hydrogen-bond donors (Lipinski definition) is 0. The van der Waals surface area contributed by atoms with Crippen LogP contribution in [0.3, 0.4) is 0 Å². The molecule has 1 aromatic carbocycles. The van der Waals surface area contributed by atoms with Crippen LogP contribution in [0.1, 0.15) is 35.9 Å². The molecule has 0 bridgehead atoms. The van der Waals surface area contributed by atoms with Gasteiger partial charge in [0.1, 0.15) is 0 Å². The van der Waals surface area contributed by atoms with Crippen LogP contribution in [0.15, 0.2) is 36.5 Å². The third-order valence-corrected chi connectivity index (χ3v) is 5.97. The van der Waals surface area contributed by atoms with Gasteiger partial charge in [0.15, 0.2) is 0 Å². The Bertz CT molecular complexity index is 927. The zero-order valence-corrected chi connectivity index (χ0v) is 17.1. The molecule has 0 radical (unpaired) electrons. The van der Waals surface area contributed by atoms with Gasteiger partial charge in [-0.3, -0.25) is 4.98 Å². The lowest BCUT2D eigenvalue weighted by Crippen LogP contribution is -2.21. The molecule has 0 spiro atoms. The van der Waals surface area contributed by atoms with Crippen LogP contribution >= 0.6 is 11.6 Å². The molecule has 0 N–H and O–H groups in total. The fourth-order valence-corrected chi connectivity index (χ4v) is 4.40. The highest BCUT2D eigenvalue weighted by atomic mass is 35.5. The number of rotatable bonds is 5. The molecule has 4 rings (SSSR count). The SMILES string of the molecule is CCCc1ccc(CCn2c3c(c4cc(Cl)ccc42)CCN(C)CC3)cn1. The minimum atomic E-state index is 0.829. The summed E-state index contributed by atoms with van der Waals surface area (Å²) < 4.78 is 2.53. The van der Waals surface area contributed by atoms with Crippen molar-refractivity contribution in [2.75, 3.05) is 20.1 Å². The predicted molar refractivity (Wildman–Crippen MR) is 114 cm³/mol. The van der Waals surface area contributed by atoms with E-state index in [0.717, 1.165) is 56.8 Å². The number of hydrogen-bond acceptors (Lipinski definition) is 2. The Balaban J connectivity index is 1.64. The van der Waals surface area contributed by atoms with Gasteiger partial charge in [-0.15, -0.1) is 0 Å².